The number of allylic oxidation sites excluding steroid dienone is 1. The molecule has 1 heterocycles. The van der Waals surface area contributed by atoms with Crippen molar-refractivity contribution in [2.45, 2.75) is 38.6 Å². The molecule has 1 aliphatic rings. The van der Waals surface area contributed by atoms with Gasteiger partial charge in [0.25, 0.3) is 0 Å². The Morgan fingerprint density at radius 3 is 2.21 bits per heavy atom. The van der Waals surface area contributed by atoms with Crippen molar-refractivity contribution in [3.8, 4) is 0 Å². The highest BCUT2D eigenvalue weighted by Crippen LogP contribution is 2.27. The predicted octanol–water partition coefficient (Wildman–Crippen LogP) is 4.00. The molecule has 6 heteroatoms. The number of rotatable bonds is 7. The summed E-state index contributed by atoms with van der Waals surface area (Å²) in [6.07, 6.45) is 3.47. The standard InChI is InChI=1S/C23H25Cl2N3O/c1-4-20-14-22(28(3)27-20)23(29)26-15(2)21(17-7-11-19(25)12-8-17)13-16-5-9-18(24)10-6-16/h5-12,14-15,21H,4,13H2,1-3H3,(H,26,29)/p+1/t15-,21+/m1/s1. The van der Waals surface area contributed by atoms with Crippen LogP contribution in [-0.4, -0.2) is 24.7 Å². The fraction of sp³-hybridized carbons (Fsp3) is 0.304. The van der Waals surface area contributed by atoms with Crippen molar-refractivity contribution in [3.05, 3.63) is 81.5 Å². The lowest BCUT2D eigenvalue weighted by Crippen LogP contribution is -3.02. The molecule has 0 saturated heterocycles. The summed E-state index contributed by atoms with van der Waals surface area (Å²) in [6.45, 7) is 4.08. The molecule has 3 rings (SSSR count). The van der Waals surface area contributed by atoms with E-state index in [4.69, 9.17) is 23.2 Å². The molecule has 0 fully saturated rings. The van der Waals surface area contributed by atoms with E-state index in [2.05, 4.69) is 10.4 Å². The van der Waals surface area contributed by atoms with Crippen LogP contribution in [0.25, 0.3) is 0 Å². The van der Waals surface area contributed by atoms with Crippen LogP contribution in [0, 0.1) is 0 Å². The van der Waals surface area contributed by atoms with Gasteiger partial charge in [0.15, 0.2) is 0 Å². The van der Waals surface area contributed by atoms with E-state index in [0.29, 0.717) is 15.7 Å². The lowest BCUT2D eigenvalue weighted by Gasteiger charge is -2.26. The third-order valence-corrected chi connectivity index (χ3v) is 5.75. The maximum absolute atomic E-state index is 12.9. The first-order valence-corrected chi connectivity index (χ1v) is 10.6. The van der Waals surface area contributed by atoms with Crippen LogP contribution in [0.5, 0.6) is 0 Å². The largest absolute Gasteiger partial charge is 0.344 e. The summed E-state index contributed by atoms with van der Waals surface area (Å²) in [6, 6.07) is 15.6. The highest BCUT2D eigenvalue weighted by molar-refractivity contribution is 6.30. The van der Waals surface area contributed by atoms with Crippen LogP contribution < -0.4 is 10.3 Å². The smallest absolute Gasteiger partial charge is 0.308 e. The van der Waals surface area contributed by atoms with Crippen LogP contribution in [0.2, 0.25) is 10.0 Å². The van der Waals surface area contributed by atoms with Gasteiger partial charge in [-0.1, -0.05) is 59.5 Å². The third kappa shape index (κ3) is 5.47. The minimum absolute atomic E-state index is 0.0845. The van der Waals surface area contributed by atoms with Gasteiger partial charge in [-0.3, -0.25) is 4.79 Å². The molecule has 0 radical (unpaired) electrons. The van der Waals surface area contributed by atoms with Crippen LogP contribution in [0.4, 0.5) is 0 Å². The first-order chi connectivity index (χ1) is 13.9. The van der Waals surface area contributed by atoms with Crippen LogP contribution in [0.15, 0.2) is 65.4 Å². The molecule has 1 unspecified atom stereocenters. The monoisotopic (exact) mass is 430 g/mol. The maximum atomic E-state index is 12.9. The van der Waals surface area contributed by atoms with Gasteiger partial charge in [-0.25, -0.2) is 0 Å². The quantitative estimate of drug-likeness (QED) is 0.684. The summed E-state index contributed by atoms with van der Waals surface area (Å²) < 4.78 is 0. The van der Waals surface area contributed by atoms with E-state index in [0.717, 1.165) is 34.7 Å². The lowest BCUT2D eigenvalue weighted by atomic mass is 9.86. The summed E-state index contributed by atoms with van der Waals surface area (Å²) in [5.41, 5.74) is 3.88. The Labute approximate surface area is 182 Å². The fourth-order valence-corrected chi connectivity index (χ4v) is 3.79. The average Bonchev–Trinajstić information content (AvgIpc) is 3.09. The Morgan fingerprint density at radius 2 is 1.66 bits per heavy atom. The van der Waals surface area contributed by atoms with Crippen molar-refractivity contribution in [1.82, 2.24) is 5.32 Å². The third-order valence-electron chi connectivity index (χ3n) is 5.25. The van der Waals surface area contributed by atoms with E-state index in [9.17, 15) is 4.79 Å². The topological polar surface area (TPSA) is 45.9 Å². The summed E-state index contributed by atoms with van der Waals surface area (Å²) in [5, 5.41) is 9.82. The molecule has 4 nitrogen and oxygen atoms in total. The van der Waals surface area contributed by atoms with Gasteiger partial charge < -0.3 is 5.32 Å². The van der Waals surface area contributed by atoms with Crippen molar-refractivity contribution in [2.24, 2.45) is 5.10 Å². The minimum Gasteiger partial charge on any atom is -0.344 e. The number of halogens is 2. The molecule has 0 aromatic heterocycles. The van der Waals surface area contributed by atoms with Crippen molar-refractivity contribution in [1.29, 1.82) is 0 Å². The lowest BCUT2D eigenvalue weighted by molar-refractivity contribution is -0.838. The number of quaternary nitrogens is 1. The number of amides is 1. The molecular weight excluding hydrogens is 405 g/mol. The molecule has 2 aromatic carbocycles. The van der Waals surface area contributed by atoms with Gasteiger partial charge >= 0.3 is 5.91 Å². The van der Waals surface area contributed by atoms with Gasteiger partial charge in [0.05, 0.1) is 7.05 Å². The number of benzene rings is 2. The van der Waals surface area contributed by atoms with Gasteiger partial charge in [0.2, 0.25) is 5.70 Å². The van der Waals surface area contributed by atoms with E-state index in [-0.39, 0.29) is 17.9 Å². The van der Waals surface area contributed by atoms with Gasteiger partial charge in [0, 0.05) is 28.1 Å². The van der Waals surface area contributed by atoms with Crippen molar-refractivity contribution in [3.63, 3.8) is 0 Å². The summed E-state index contributed by atoms with van der Waals surface area (Å²) in [5.74, 6) is 0.00327. The second kappa shape index (κ2) is 9.57. The maximum Gasteiger partial charge on any atom is 0.308 e. The number of nitrogens with zero attached hydrogens (tertiary/aromatic N) is 1. The summed E-state index contributed by atoms with van der Waals surface area (Å²) in [4.78, 5) is 12.9. The van der Waals surface area contributed by atoms with Crippen LogP contribution in [0.3, 0.4) is 0 Å². The van der Waals surface area contributed by atoms with Crippen LogP contribution >= 0.6 is 23.2 Å². The Morgan fingerprint density at radius 1 is 1.07 bits per heavy atom. The molecular formula is C23H26Cl2N3O+. The molecule has 0 bridgehead atoms. The summed E-state index contributed by atoms with van der Waals surface area (Å²) in [7, 11) is 1.88. The number of carbonyl (C=O) groups excluding carboxylic acids is 1. The predicted molar refractivity (Wildman–Crippen MR) is 120 cm³/mol. The molecule has 2 N–H and O–H groups in total. The zero-order valence-electron chi connectivity index (χ0n) is 16.9. The van der Waals surface area contributed by atoms with Gasteiger partial charge in [-0.2, -0.15) is 5.01 Å². The minimum atomic E-state index is -0.0859. The molecule has 3 atom stereocenters. The molecule has 29 heavy (non-hydrogen) atoms. The Bertz CT molecular complexity index is 920. The Hall–Kier alpha value is -2.14. The average molecular weight is 431 g/mol. The number of likely N-dealkylation sites (N-methyl/N-ethyl adjacent to an activating group) is 1. The van der Waals surface area contributed by atoms with E-state index >= 15 is 0 Å². The molecule has 1 aliphatic heterocycles. The van der Waals surface area contributed by atoms with Gasteiger partial charge in [-0.05, 0) is 55.2 Å². The van der Waals surface area contributed by atoms with Crippen LogP contribution in [0.1, 0.15) is 37.3 Å². The molecule has 0 saturated carbocycles. The van der Waals surface area contributed by atoms with Crippen molar-refractivity contribution in [2.75, 3.05) is 7.05 Å². The number of hydrogen-bond donors (Lipinski definition) is 2. The molecule has 1 amide bonds. The van der Waals surface area contributed by atoms with Gasteiger partial charge in [-0.15, -0.1) is 0 Å². The van der Waals surface area contributed by atoms with Crippen LogP contribution in [-0.2, 0) is 11.2 Å². The SMILES string of the molecule is CCC1=N[NH+](C)C(C(=O)N[C@H](C)[C@H](Cc2ccc(Cl)cc2)c2ccc(Cl)cc2)=C1. The molecule has 0 aliphatic carbocycles. The first-order valence-electron chi connectivity index (χ1n) is 9.81. The number of nitrogens with one attached hydrogen (secondary N) is 2. The Balaban J connectivity index is 1.80. The fourth-order valence-electron chi connectivity index (χ4n) is 3.54. The molecule has 2 aromatic rings. The molecule has 152 valence electrons. The van der Waals surface area contributed by atoms with Crippen molar-refractivity contribution >= 4 is 34.8 Å². The Kier molecular flexibility index (Phi) is 7.12. The second-order valence-electron chi connectivity index (χ2n) is 7.35. The second-order valence-corrected chi connectivity index (χ2v) is 8.22. The summed E-state index contributed by atoms with van der Waals surface area (Å²) >= 11 is 12.1. The first kappa shape index (κ1) is 21.6. The highest BCUT2D eigenvalue weighted by Gasteiger charge is 2.29. The highest BCUT2D eigenvalue weighted by atomic mass is 35.5. The number of carbonyl (C=O) groups is 1. The van der Waals surface area contributed by atoms with Crippen molar-refractivity contribution < 1.29 is 9.80 Å². The zero-order valence-corrected chi connectivity index (χ0v) is 18.4. The van der Waals surface area contributed by atoms with E-state index in [1.807, 2.05) is 75.5 Å². The normalized spacial score (nSPS) is 18.0. The van der Waals surface area contributed by atoms with E-state index in [1.54, 1.807) is 0 Å². The zero-order chi connectivity index (χ0) is 21.0. The van der Waals surface area contributed by atoms with E-state index in [1.165, 1.54) is 0 Å². The number of hydrogen-bond acceptors (Lipinski definition) is 2. The molecule has 0 spiro atoms. The van der Waals surface area contributed by atoms with E-state index < -0.39 is 0 Å². The van der Waals surface area contributed by atoms with Gasteiger partial charge in [0.1, 0.15) is 5.71 Å².